The summed E-state index contributed by atoms with van der Waals surface area (Å²) in [5.74, 6) is 0.590. The highest BCUT2D eigenvalue weighted by atomic mass is 35.5. The van der Waals surface area contributed by atoms with E-state index in [4.69, 9.17) is 21.3 Å². The quantitative estimate of drug-likeness (QED) is 0.452. The smallest absolute Gasteiger partial charge is 0.277 e. The maximum Gasteiger partial charge on any atom is 0.277 e. The summed E-state index contributed by atoms with van der Waals surface area (Å²) < 4.78 is 7.74. The van der Waals surface area contributed by atoms with Crippen molar-refractivity contribution in [3.8, 4) is 11.4 Å². The molecule has 188 valence electrons. The van der Waals surface area contributed by atoms with Crippen LogP contribution >= 0.6 is 22.9 Å². The van der Waals surface area contributed by atoms with Crippen molar-refractivity contribution >= 4 is 39.4 Å². The van der Waals surface area contributed by atoms with Gasteiger partial charge in [0.1, 0.15) is 11.5 Å². The molecule has 35 heavy (non-hydrogen) atoms. The fraction of sp³-hybridized carbons (Fsp3) is 0.480. The van der Waals surface area contributed by atoms with Gasteiger partial charge in [0.2, 0.25) is 0 Å². The fourth-order valence-corrected chi connectivity index (χ4v) is 5.39. The normalized spacial score (nSPS) is 17.7. The number of aromatic nitrogens is 3. The van der Waals surface area contributed by atoms with Crippen molar-refractivity contribution in [1.82, 2.24) is 14.5 Å². The maximum atomic E-state index is 13.8. The number of hydrogen-bond donors (Lipinski definition) is 1. The van der Waals surface area contributed by atoms with Crippen molar-refractivity contribution in [3.63, 3.8) is 0 Å². The van der Waals surface area contributed by atoms with E-state index < -0.39 is 0 Å². The Bertz CT molecular complexity index is 1210. The molecule has 1 saturated heterocycles. The fourth-order valence-electron chi connectivity index (χ4n) is 4.47. The van der Waals surface area contributed by atoms with Crippen LogP contribution in [-0.2, 0) is 17.7 Å². The van der Waals surface area contributed by atoms with Crippen LogP contribution in [0.25, 0.3) is 11.4 Å². The van der Waals surface area contributed by atoms with E-state index in [9.17, 15) is 4.79 Å². The number of thiazole rings is 1. The molecule has 0 bridgehead atoms. The Morgan fingerprint density at radius 2 is 2.06 bits per heavy atom. The zero-order chi connectivity index (χ0) is 25.1. The topological polar surface area (TPSA) is 75.5 Å². The van der Waals surface area contributed by atoms with Crippen LogP contribution in [0.15, 0.2) is 34.6 Å². The van der Waals surface area contributed by atoms with Crippen molar-refractivity contribution in [2.45, 2.75) is 45.9 Å². The average Bonchev–Trinajstić information content (AvgIpc) is 3.51. The van der Waals surface area contributed by atoms with Crippen LogP contribution in [-0.4, -0.2) is 60.5 Å². The van der Waals surface area contributed by atoms with E-state index >= 15 is 0 Å². The molecule has 3 aromatic rings. The Morgan fingerprint density at radius 3 is 2.66 bits per heavy atom. The number of benzene rings is 1. The largest absolute Gasteiger partial charge is 0.378 e. The van der Waals surface area contributed by atoms with Gasteiger partial charge in [-0.05, 0) is 38.5 Å². The minimum Gasteiger partial charge on any atom is -0.378 e. The van der Waals surface area contributed by atoms with Gasteiger partial charge in [-0.3, -0.25) is 9.36 Å². The lowest BCUT2D eigenvalue weighted by Crippen LogP contribution is -2.38. The summed E-state index contributed by atoms with van der Waals surface area (Å²) in [6, 6.07) is 5.77. The molecule has 0 amide bonds. The van der Waals surface area contributed by atoms with Crippen LogP contribution in [0.5, 0.6) is 0 Å². The molecule has 2 atom stereocenters. The molecular formula is C25H33ClN6O2S. The number of rotatable bonds is 9. The highest BCUT2D eigenvalue weighted by molar-refractivity contribution is 7.13. The molecule has 4 rings (SSSR count). The van der Waals surface area contributed by atoms with Crippen molar-refractivity contribution in [1.29, 1.82) is 0 Å². The zero-order valence-electron chi connectivity index (χ0n) is 20.9. The van der Waals surface area contributed by atoms with E-state index in [0.717, 1.165) is 28.6 Å². The second-order valence-corrected chi connectivity index (χ2v) is 9.96. The molecular weight excluding hydrogens is 484 g/mol. The molecule has 0 saturated carbocycles. The van der Waals surface area contributed by atoms with Gasteiger partial charge in [-0.2, -0.15) is 0 Å². The number of nitrogens with one attached hydrogen (secondary N) is 1. The molecule has 3 heterocycles. The number of aryl methyl sites for hydroxylation is 1. The van der Waals surface area contributed by atoms with Crippen LogP contribution in [0.3, 0.4) is 0 Å². The minimum absolute atomic E-state index is 0.0576. The summed E-state index contributed by atoms with van der Waals surface area (Å²) in [7, 11) is 3.94. The van der Waals surface area contributed by atoms with Crippen LogP contribution in [0, 0.1) is 0 Å². The van der Waals surface area contributed by atoms with Crippen LogP contribution in [0.1, 0.15) is 26.5 Å². The third-order valence-corrected chi connectivity index (χ3v) is 7.42. The molecule has 1 N–H and O–H groups in total. The molecule has 1 aliphatic heterocycles. The number of hydrogen-bond acceptors (Lipinski definition) is 8. The van der Waals surface area contributed by atoms with Gasteiger partial charge < -0.3 is 19.9 Å². The minimum atomic E-state index is -0.0925. The second kappa shape index (κ2) is 11.0. The highest BCUT2D eigenvalue weighted by Crippen LogP contribution is 2.31. The van der Waals surface area contributed by atoms with E-state index in [0.29, 0.717) is 42.7 Å². The summed E-state index contributed by atoms with van der Waals surface area (Å²) in [5, 5.41) is 7.03. The summed E-state index contributed by atoms with van der Waals surface area (Å²) in [4.78, 5) is 27.4. The molecule has 1 aromatic carbocycles. The number of nitrogens with zero attached hydrogens (tertiary/aromatic N) is 5. The Kier molecular flexibility index (Phi) is 7.98. The molecule has 0 aliphatic carbocycles. The van der Waals surface area contributed by atoms with E-state index in [-0.39, 0.29) is 17.7 Å². The molecule has 2 aromatic heterocycles. The van der Waals surface area contributed by atoms with Gasteiger partial charge in [0, 0.05) is 63.2 Å². The van der Waals surface area contributed by atoms with E-state index in [1.54, 1.807) is 15.9 Å². The summed E-state index contributed by atoms with van der Waals surface area (Å²) >= 11 is 8.26. The summed E-state index contributed by atoms with van der Waals surface area (Å²) in [6.45, 7) is 8.47. The zero-order valence-corrected chi connectivity index (χ0v) is 22.5. The van der Waals surface area contributed by atoms with Crippen LogP contribution < -0.4 is 20.7 Å². The summed E-state index contributed by atoms with van der Waals surface area (Å²) in [6.07, 6.45) is 2.37. The Labute approximate surface area is 215 Å². The third kappa shape index (κ3) is 5.17. The standard InChI is InChI=1S/C25H33ClN6O2S/c1-6-19-22(28-20-14-31(15-21(20)34-8-3)25-27-11-12-35-25)24(33)32(7-2)23(29-19)17-10-9-16(30(4)5)13-18(17)26/h9-13,20-21,28H,6-8,14-15H2,1-5H3/t20-,21+/m1/s1. The molecule has 0 unspecified atom stereocenters. The predicted molar refractivity (Wildman–Crippen MR) is 145 cm³/mol. The van der Waals surface area contributed by atoms with Crippen molar-refractivity contribution in [2.24, 2.45) is 0 Å². The third-order valence-electron chi connectivity index (χ3n) is 6.27. The molecule has 8 nitrogen and oxygen atoms in total. The maximum absolute atomic E-state index is 13.8. The second-order valence-electron chi connectivity index (χ2n) is 8.68. The van der Waals surface area contributed by atoms with Gasteiger partial charge in [-0.1, -0.05) is 18.5 Å². The lowest BCUT2D eigenvalue weighted by atomic mass is 10.1. The van der Waals surface area contributed by atoms with Crippen molar-refractivity contribution in [2.75, 3.05) is 48.9 Å². The molecule has 1 fully saturated rings. The Hall–Kier alpha value is -2.62. The van der Waals surface area contributed by atoms with Crippen LogP contribution in [0.4, 0.5) is 16.5 Å². The molecule has 10 heteroatoms. The van der Waals surface area contributed by atoms with E-state index in [1.807, 2.05) is 69.5 Å². The number of anilines is 3. The van der Waals surface area contributed by atoms with E-state index in [1.165, 1.54) is 0 Å². The van der Waals surface area contributed by atoms with Gasteiger partial charge in [0.25, 0.3) is 5.56 Å². The van der Waals surface area contributed by atoms with Crippen molar-refractivity contribution < 1.29 is 4.74 Å². The van der Waals surface area contributed by atoms with Crippen molar-refractivity contribution in [3.05, 3.63) is 50.8 Å². The van der Waals surface area contributed by atoms with E-state index in [2.05, 4.69) is 15.2 Å². The predicted octanol–water partition coefficient (Wildman–Crippen LogP) is 4.37. The van der Waals surface area contributed by atoms with Gasteiger partial charge >= 0.3 is 0 Å². The average molecular weight is 517 g/mol. The first kappa shape index (κ1) is 25.5. The first-order valence-corrected chi connectivity index (χ1v) is 13.3. The van der Waals surface area contributed by atoms with Gasteiger partial charge in [-0.25, -0.2) is 9.97 Å². The Balaban J connectivity index is 1.72. The van der Waals surface area contributed by atoms with Gasteiger partial charge in [-0.15, -0.1) is 11.3 Å². The highest BCUT2D eigenvalue weighted by Gasteiger charge is 2.35. The monoisotopic (exact) mass is 516 g/mol. The van der Waals surface area contributed by atoms with Crippen LogP contribution in [0.2, 0.25) is 5.02 Å². The molecule has 1 aliphatic rings. The van der Waals surface area contributed by atoms with Gasteiger partial charge in [0.05, 0.1) is 22.9 Å². The molecule has 0 radical (unpaired) electrons. The summed E-state index contributed by atoms with van der Waals surface area (Å²) in [5.41, 5.74) is 2.91. The lowest BCUT2D eigenvalue weighted by molar-refractivity contribution is 0.0720. The first-order valence-electron chi connectivity index (χ1n) is 12.0. The Morgan fingerprint density at radius 1 is 1.26 bits per heavy atom. The first-order chi connectivity index (χ1) is 16.9. The SMILES string of the molecule is CCO[C@H]1CN(c2nccs2)C[C@H]1Nc1c(CC)nc(-c2ccc(N(C)C)cc2Cl)n(CC)c1=O. The number of halogens is 1. The number of ether oxygens (including phenoxy) is 1. The molecule has 0 spiro atoms. The van der Waals surface area contributed by atoms with Gasteiger partial charge in [0.15, 0.2) is 5.13 Å². The lowest BCUT2D eigenvalue weighted by Gasteiger charge is -2.23.